The monoisotopic (exact) mass is 286 g/mol. The molecule has 1 amide bonds. The number of amides is 1. The summed E-state index contributed by atoms with van der Waals surface area (Å²) in [5, 5.41) is 2.67. The first-order valence-electron chi connectivity index (χ1n) is 6.28. The fourth-order valence-electron chi connectivity index (χ4n) is 1.68. The third kappa shape index (κ3) is 8.46. The average Bonchev–Trinajstić information content (AvgIpc) is 2.34. The zero-order valence-corrected chi connectivity index (χ0v) is 12.3. The van der Waals surface area contributed by atoms with E-state index in [2.05, 4.69) is 19.2 Å². The van der Waals surface area contributed by atoms with Gasteiger partial charge in [-0.1, -0.05) is 44.2 Å². The largest absolute Gasteiger partial charge is 0.445 e. The van der Waals surface area contributed by atoms with Gasteiger partial charge in [-0.3, -0.25) is 0 Å². The third-order valence-electron chi connectivity index (χ3n) is 2.50. The zero-order chi connectivity index (χ0) is 13.4. The minimum atomic E-state index is -0.418. The number of alkyl carbamates (subject to hydrolysis) is 1. The molecule has 1 aromatic carbocycles. The third-order valence-corrected chi connectivity index (χ3v) is 2.50. The van der Waals surface area contributed by atoms with Gasteiger partial charge in [-0.05, 0) is 17.9 Å². The Labute approximate surface area is 121 Å². The number of carbonyl (C=O) groups excluding carboxylic acids is 1. The highest BCUT2D eigenvalue weighted by molar-refractivity contribution is 5.85. The molecule has 5 heteroatoms. The van der Waals surface area contributed by atoms with E-state index in [9.17, 15) is 4.79 Å². The van der Waals surface area contributed by atoms with Gasteiger partial charge in [-0.25, -0.2) is 4.79 Å². The van der Waals surface area contributed by atoms with Crippen LogP contribution in [0.1, 0.15) is 25.8 Å². The SMILES string of the molecule is CC(C)C[C@H](N)CNC(=O)OCc1ccccc1.Cl. The van der Waals surface area contributed by atoms with Crippen molar-refractivity contribution in [2.24, 2.45) is 11.7 Å². The molecule has 1 atom stereocenters. The fourth-order valence-corrected chi connectivity index (χ4v) is 1.68. The van der Waals surface area contributed by atoms with Crippen molar-refractivity contribution in [1.29, 1.82) is 0 Å². The lowest BCUT2D eigenvalue weighted by atomic mass is 10.0. The Bertz CT molecular complexity index is 358. The first kappa shape index (κ1) is 17.7. The van der Waals surface area contributed by atoms with Crippen LogP contribution in [-0.2, 0) is 11.3 Å². The van der Waals surface area contributed by atoms with Gasteiger partial charge in [0, 0.05) is 12.6 Å². The molecular weight excluding hydrogens is 264 g/mol. The first-order valence-corrected chi connectivity index (χ1v) is 6.28. The topological polar surface area (TPSA) is 64.3 Å². The molecule has 0 bridgehead atoms. The lowest BCUT2D eigenvalue weighted by Gasteiger charge is -2.14. The number of rotatable bonds is 6. The molecule has 19 heavy (non-hydrogen) atoms. The van der Waals surface area contributed by atoms with Crippen LogP contribution in [0.2, 0.25) is 0 Å². The van der Waals surface area contributed by atoms with Crippen molar-refractivity contribution in [3.05, 3.63) is 35.9 Å². The van der Waals surface area contributed by atoms with Gasteiger partial charge in [0.15, 0.2) is 0 Å². The smallest absolute Gasteiger partial charge is 0.407 e. The normalized spacial score (nSPS) is 11.6. The molecule has 0 saturated carbocycles. The van der Waals surface area contributed by atoms with Gasteiger partial charge >= 0.3 is 6.09 Å². The Morgan fingerprint density at radius 1 is 1.32 bits per heavy atom. The van der Waals surface area contributed by atoms with Crippen molar-refractivity contribution in [2.75, 3.05) is 6.54 Å². The lowest BCUT2D eigenvalue weighted by Crippen LogP contribution is -2.38. The Morgan fingerprint density at radius 2 is 1.95 bits per heavy atom. The maximum atomic E-state index is 11.4. The van der Waals surface area contributed by atoms with Crippen molar-refractivity contribution in [1.82, 2.24) is 5.32 Å². The second-order valence-corrected chi connectivity index (χ2v) is 4.83. The van der Waals surface area contributed by atoms with Crippen LogP contribution in [0.15, 0.2) is 30.3 Å². The standard InChI is InChI=1S/C14H22N2O2.ClH/c1-11(2)8-13(15)9-16-14(17)18-10-12-6-4-3-5-7-12;/h3-7,11,13H,8-10,15H2,1-2H3,(H,16,17);1H/t13-;/m0./s1. The Kier molecular flexibility index (Phi) is 9.00. The quantitative estimate of drug-likeness (QED) is 0.845. The molecule has 108 valence electrons. The summed E-state index contributed by atoms with van der Waals surface area (Å²) in [4.78, 5) is 11.4. The van der Waals surface area contributed by atoms with Gasteiger partial charge in [-0.15, -0.1) is 12.4 Å². The van der Waals surface area contributed by atoms with Crippen molar-refractivity contribution in [3.8, 4) is 0 Å². The van der Waals surface area contributed by atoms with Crippen LogP contribution in [0.4, 0.5) is 4.79 Å². The number of hydrogen-bond donors (Lipinski definition) is 2. The number of benzene rings is 1. The molecule has 3 N–H and O–H groups in total. The number of nitrogens with two attached hydrogens (primary N) is 1. The molecule has 0 aliphatic heterocycles. The van der Waals surface area contributed by atoms with E-state index >= 15 is 0 Å². The molecule has 0 heterocycles. The van der Waals surface area contributed by atoms with E-state index in [-0.39, 0.29) is 25.1 Å². The van der Waals surface area contributed by atoms with Crippen LogP contribution in [0, 0.1) is 5.92 Å². The van der Waals surface area contributed by atoms with Gasteiger partial charge < -0.3 is 15.8 Å². The maximum Gasteiger partial charge on any atom is 0.407 e. The van der Waals surface area contributed by atoms with Crippen molar-refractivity contribution in [2.45, 2.75) is 32.9 Å². The van der Waals surface area contributed by atoms with E-state index in [1.54, 1.807) is 0 Å². The molecular formula is C14H23ClN2O2. The summed E-state index contributed by atoms with van der Waals surface area (Å²) in [5.74, 6) is 0.530. The van der Waals surface area contributed by atoms with Gasteiger partial charge in [-0.2, -0.15) is 0 Å². The molecule has 0 aliphatic rings. The van der Waals surface area contributed by atoms with Crippen LogP contribution in [0.3, 0.4) is 0 Å². The number of carbonyl (C=O) groups is 1. The second-order valence-electron chi connectivity index (χ2n) is 4.83. The van der Waals surface area contributed by atoms with E-state index in [0.29, 0.717) is 12.5 Å². The molecule has 1 aromatic rings. The summed E-state index contributed by atoms with van der Waals surface area (Å²) in [6.07, 6.45) is 0.469. The highest BCUT2D eigenvalue weighted by Gasteiger charge is 2.08. The van der Waals surface area contributed by atoms with Crippen LogP contribution in [-0.4, -0.2) is 18.7 Å². The second kappa shape index (κ2) is 9.64. The number of ether oxygens (including phenoxy) is 1. The van der Waals surface area contributed by atoms with Crippen molar-refractivity contribution >= 4 is 18.5 Å². The van der Waals surface area contributed by atoms with Gasteiger partial charge in [0.05, 0.1) is 0 Å². The lowest BCUT2D eigenvalue weighted by molar-refractivity contribution is 0.138. The molecule has 1 rings (SSSR count). The van der Waals surface area contributed by atoms with E-state index in [1.165, 1.54) is 0 Å². The van der Waals surface area contributed by atoms with Crippen LogP contribution in [0.5, 0.6) is 0 Å². The summed E-state index contributed by atoms with van der Waals surface area (Å²) in [6.45, 7) is 4.94. The minimum absolute atomic E-state index is 0. The maximum absolute atomic E-state index is 11.4. The highest BCUT2D eigenvalue weighted by atomic mass is 35.5. The van der Waals surface area contributed by atoms with Crippen LogP contribution in [0.25, 0.3) is 0 Å². The van der Waals surface area contributed by atoms with E-state index in [1.807, 2.05) is 30.3 Å². The van der Waals surface area contributed by atoms with E-state index in [4.69, 9.17) is 10.5 Å². The highest BCUT2D eigenvalue weighted by Crippen LogP contribution is 2.02. The van der Waals surface area contributed by atoms with Gasteiger partial charge in [0.2, 0.25) is 0 Å². The molecule has 0 saturated heterocycles. The number of nitrogens with one attached hydrogen (secondary N) is 1. The summed E-state index contributed by atoms with van der Waals surface area (Å²) in [5.41, 5.74) is 6.83. The summed E-state index contributed by atoms with van der Waals surface area (Å²) in [6, 6.07) is 9.56. The molecule has 0 aromatic heterocycles. The summed E-state index contributed by atoms with van der Waals surface area (Å²) in [7, 11) is 0. The Morgan fingerprint density at radius 3 is 2.53 bits per heavy atom. The average molecular weight is 287 g/mol. The van der Waals surface area contributed by atoms with Gasteiger partial charge in [0.1, 0.15) is 6.61 Å². The van der Waals surface area contributed by atoms with Gasteiger partial charge in [0.25, 0.3) is 0 Å². The van der Waals surface area contributed by atoms with E-state index in [0.717, 1.165) is 12.0 Å². The first-order chi connectivity index (χ1) is 8.58. The molecule has 0 fully saturated rings. The number of hydrogen-bond acceptors (Lipinski definition) is 3. The predicted molar refractivity (Wildman–Crippen MR) is 79.3 cm³/mol. The fraction of sp³-hybridized carbons (Fsp3) is 0.500. The molecule has 4 nitrogen and oxygen atoms in total. The van der Waals surface area contributed by atoms with Crippen molar-refractivity contribution < 1.29 is 9.53 Å². The molecule has 0 radical (unpaired) electrons. The van der Waals surface area contributed by atoms with Crippen LogP contribution < -0.4 is 11.1 Å². The number of halogens is 1. The molecule has 0 unspecified atom stereocenters. The summed E-state index contributed by atoms with van der Waals surface area (Å²) < 4.78 is 5.08. The predicted octanol–water partition coefficient (Wildman–Crippen LogP) is 2.71. The summed E-state index contributed by atoms with van der Waals surface area (Å²) >= 11 is 0. The molecule has 0 aliphatic carbocycles. The van der Waals surface area contributed by atoms with E-state index < -0.39 is 6.09 Å². The van der Waals surface area contributed by atoms with Crippen LogP contribution >= 0.6 is 12.4 Å². The Balaban J connectivity index is 0.00000324. The minimum Gasteiger partial charge on any atom is -0.445 e. The zero-order valence-electron chi connectivity index (χ0n) is 11.5. The van der Waals surface area contributed by atoms with Crippen molar-refractivity contribution in [3.63, 3.8) is 0 Å². The molecule has 0 spiro atoms. The Hall–Kier alpha value is -1.26.